The van der Waals surface area contributed by atoms with Gasteiger partial charge in [0.1, 0.15) is 0 Å². The number of ether oxygens (including phenoxy) is 2. The Morgan fingerprint density at radius 2 is 2.24 bits per heavy atom. The standard InChI is InChI=1S/C14H27NO2/c1-12-5-6-13(10-12)15-7-3-8-16-11-14-4-2-9-17-14/h12-15H,2-11H2,1H3. The van der Waals surface area contributed by atoms with Crippen LogP contribution < -0.4 is 5.32 Å². The second-order valence-corrected chi connectivity index (χ2v) is 5.63. The molecule has 1 aliphatic heterocycles. The zero-order chi connectivity index (χ0) is 11.9. The lowest BCUT2D eigenvalue weighted by Crippen LogP contribution is -2.28. The van der Waals surface area contributed by atoms with Crippen molar-refractivity contribution in [2.75, 3.05) is 26.4 Å². The van der Waals surface area contributed by atoms with Gasteiger partial charge >= 0.3 is 0 Å². The average molecular weight is 241 g/mol. The lowest BCUT2D eigenvalue weighted by molar-refractivity contribution is 0.0165. The fourth-order valence-corrected chi connectivity index (χ4v) is 2.86. The fraction of sp³-hybridized carbons (Fsp3) is 1.00. The SMILES string of the molecule is CC1CCC(NCCCOCC2CCCO2)C1. The third kappa shape index (κ3) is 4.94. The maximum atomic E-state index is 5.64. The quantitative estimate of drug-likeness (QED) is 0.694. The molecule has 0 amide bonds. The van der Waals surface area contributed by atoms with E-state index in [1.807, 2.05) is 0 Å². The van der Waals surface area contributed by atoms with Crippen molar-refractivity contribution in [3.63, 3.8) is 0 Å². The van der Waals surface area contributed by atoms with E-state index in [1.54, 1.807) is 0 Å². The first-order valence-corrected chi connectivity index (χ1v) is 7.27. The van der Waals surface area contributed by atoms with Crippen molar-refractivity contribution in [3.05, 3.63) is 0 Å². The van der Waals surface area contributed by atoms with E-state index in [1.165, 1.54) is 32.1 Å². The van der Waals surface area contributed by atoms with E-state index >= 15 is 0 Å². The average Bonchev–Trinajstić information content (AvgIpc) is 2.95. The number of rotatable bonds is 7. The van der Waals surface area contributed by atoms with Gasteiger partial charge in [0.05, 0.1) is 12.7 Å². The fourth-order valence-electron chi connectivity index (χ4n) is 2.86. The van der Waals surface area contributed by atoms with Crippen LogP contribution in [0.15, 0.2) is 0 Å². The van der Waals surface area contributed by atoms with Gasteiger partial charge in [-0.15, -0.1) is 0 Å². The third-order valence-corrected chi connectivity index (χ3v) is 3.92. The summed E-state index contributed by atoms with van der Waals surface area (Å²) in [5, 5.41) is 3.63. The van der Waals surface area contributed by atoms with Crippen LogP contribution in [0.4, 0.5) is 0 Å². The molecule has 0 aromatic carbocycles. The monoisotopic (exact) mass is 241 g/mol. The van der Waals surface area contributed by atoms with Crippen LogP contribution >= 0.6 is 0 Å². The number of hydrogen-bond donors (Lipinski definition) is 1. The molecule has 100 valence electrons. The highest BCUT2D eigenvalue weighted by atomic mass is 16.5. The zero-order valence-corrected chi connectivity index (χ0v) is 11.1. The van der Waals surface area contributed by atoms with Crippen molar-refractivity contribution in [2.24, 2.45) is 5.92 Å². The van der Waals surface area contributed by atoms with E-state index < -0.39 is 0 Å². The molecule has 0 radical (unpaired) electrons. The van der Waals surface area contributed by atoms with E-state index in [4.69, 9.17) is 9.47 Å². The highest BCUT2D eigenvalue weighted by Crippen LogP contribution is 2.24. The van der Waals surface area contributed by atoms with Gasteiger partial charge < -0.3 is 14.8 Å². The minimum atomic E-state index is 0.374. The molecule has 1 saturated carbocycles. The van der Waals surface area contributed by atoms with Gasteiger partial charge in [0, 0.05) is 19.3 Å². The molecular weight excluding hydrogens is 214 g/mol. The van der Waals surface area contributed by atoms with Gasteiger partial charge in [0.2, 0.25) is 0 Å². The Hall–Kier alpha value is -0.120. The third-order valence-electron chi connectivity index (χ3n) is 3.92. The predicted molar refractivity (Wildman–Crippen MR) is 69.2 cm³/mol. The topological polar surface area (TPSA) is 30.5 Å². The number of hydrogen-bond acceptors (Lipinski definition) is 3. The first-order valence-electron chi connectivity index (χ1n) is 7.27. The van der Waals surface area contributed by atoms with E-state index in [2.05, 4.69) is 12.2 Å². The number of nitrogens with one attached hydrogen (secondary N) is 1. The molecule has 1 aliphatic carbocycles. The molecule has 3 unspecified atom stereocenters. The Labute approximate surface area is 105 Å². The summed E-state index contributed by atoms with van der Waals surface area (Å²) in [7, 11) is 0. The molecule has 3 nitrogen and oxygen atoms in total. The van der Waals surface area contributed by atoms with Crippen molar-refractivity contribution in [1.29, 1.82) is 0 Å². The van der Waals surface area contributed by atoms with Crippen LogP contribution in [0.3, 0.4) is 0 Å². The van der Waals surface area contributed by atoms with E-state index in [0.717, 1.165) is 44.7 Å². The summed E-state index contributed by atoms with van der Waals surface area (Å²) in [5.74, 6) is 0.920. The van der Waals surface area contributed by atoms with Crippen molar-refractivity contribution in [1.82, 2.24) is 5.32 Å². The molecule has 0 aromatic rings. The van der Waals surface area contributed by atoms with Gasteiger partial charge in [-0.05, 0) is 51.0 Å². The minimum absolute atomic E-state index is 0.374. The normalized spacial score (nSPS) is 33.4. The first-order chi connectivity index (χ1) is 8.34. The van der Waals surface area contributed by atoms with Gasteiger partial charge in [-0.1, -0.05) is 6.92 Å². The van der Waals surface area contributed by atoms with Crippen LogP contribution in [0.1, 0.15) is 45.4 Å². The Bertz CT molecular complexity index is 204. The molecule has 1 N–H and O–H groups in total. The molecule has 17 heavy (non-hydrogen) atoms. The molecular formula is C14H27NO2. The second-order valence-electron chi connectivity index (χ2n) is 5.63. The summed E-state index contributed by atoms with van der Waals surface area (Å²) < 4.78 is 11.2. The molecule has 2 aliphatic rings. The Morgan fingerprint density at radius 3 is 2.94 bits per heavy atom. The molecule has 2 fully saturated rings. The Balaban J connectivity index is 1.38. The van der Waals surface area contributed by atoms with Crippen molar-refractivity contribution >= 4 is 0 Å². The molecule has 0 bridgehead atoms. The maximum absolute atomic E-state index is 5.64. The van der Waals surface area contributed by atoms with E-state index in [9.17, 15) is 0 Å². The Kier molecular flexibility index (Phi) is 5.75. The highest BCUT2D eigenvalue weighted by Gasteiger charge is 2.20. The summed E-state index contributed by atoms with van der Waals surface area (Å²) in [6, 6.07) is 0.767. The molecule has 0 aromatic heterocycles. The molecule has 0 spiro atoms. The van der Waals surface area contributed by atoms with Crippen LogP contribution in [-0.2, 0) is 9.47 Å². The summed E-state index contributed by atoms with van der Waals surface area (Å²) in [6.45, 7) is 6.04. The molecule has 1 heterocycles. The Morgan fingerprint density at radius 1 is 1.29 bits per heavy atom. The van der Waals surface area contributed by atoms with Crippen molar-refractivity contribution < 1.29 is 9.47 Å². The van der Waals surface area contributed by atoms with Crippen molar-refractivity contribution in [2.45, 2.75) is 57.6 Å². The van der Waals surface area contributed by atoms with E-state index in [0.29, 0.717) is 6.10 Å². The van der Waals surface area contributed by atoms with Crippen LogP contribution in [0.5, 0.6) is 0 Å². The second kappa shape index (κ2) is 7.34. The zero-order valence-electron chi connectivity index (χ0n) is 11.1. The molecule has 3 atom stereocenters. The van der Waals surface area contributed by atoms with Gasteiger partial charge in [-0.25, -0.2) is 0 Å². The lowest BCUT2D eigenvalue weighted by atomic mass is 10.1. The lowest BCUT2D eigenvalue weighted by Gasteiger charge is -2.13. The van der Waals surface area contributed by atoms with Gasteiger partial charge in [0.25, 0.3) is 0 Å². The highest BCUT2D eigenvalue weighted by molar-refractivity contribution is 4.77. The van der Waals surface area contributed by atoms with E-state index in [-0.39, 0.29) is 0 Å². The van der Waals surface area contributed by atoms with Crippen LogP contribution in [0, 0.1) is 5.92 Å². The summed E-state index contributed by atoms with van der Waals surface area (Å²) in [5.41, 5.74) is 0. The minimum Gasteiger partial charge on any atom is -0.379 e. The summed E-state index contributed by atoms with van der Waals surface area (Å²) in [6.07, 6.45) is 7.99. The molecule has 1 saturated heterocycles. The maximum Gasteiger partial charge on any atom is 0.0809 e. The van der Waals surface area contributed by atoms with Crippen molar-refractivity contribution in [3.8, 4) is 0 Å². The first kappa shape index (κ1) is 13.3. The predicted octanol–water partition coefficient (Wildman–Crippen LogP) is 2.35. The molecule has 2 rings (SSSR count). The summed E-state index contributed by atoms with van der Waals surface area (Å²) in [4.78, 5) is 0. The smallest absolute Gasteiger partial charge is 0.0809 e. The van der Waals surface area contributed by atoms with Crippen LogP contribution in [0.2, 0.25) is 0 Å². The largest absolute Gasteiger partial charge is 0.379 e. The van der Waals surface area contributed by atoms with Crippen LogP contribution in [0.25, 0.3) is 0 Å². The van der Waals surface area contributed by atoms with Crippen LogP contribution in [-0.4, -0.2) is 38.5 Å². The van der Waals surface area contributed by atoms with Gasteiger partial charge in [-0.2, -0.15) is 0 Å². The summed E-state index contributed by atoms with van der Waals surface area (Å²) >= 11 is 0. The van der Waals surface area contributed by atoms with Gasteiger partial charge in [-0.3, -0.25) is 0 Å². The van der Waals surface area contributed by atoms with Gasteiger partial charge in [0.15, 0.2) is 0 Å². The molecule has 3 heteroatoms.